The Morgan fingerprint density at radius 2 is 1.07 bits per heavy atom. The molecule has 0 saturated heterocycles. The summed E-state index contributed by atoms with van der Waals surface area (Å²) in [5, 5.41) is -2.85. The van der Waals surface area contributed by atoms with Crippen molar-refractivity contribution in [2.45, 2.75) is 23.4 Å². The molecule has 1 nitrogen and oxygen atoms in total. The van der Waals surface area contributed by atoms with Gasteiger partial charge in [0.1, 0.15) is 0 Å². The molecule has 9 heteroatoms. The van der Waals surface area contributed by atoms with Crippen molar-refractivity contribution >= 4 is 16.8 Å². The molecule has 1 rings (SSSR count). The molecule has 0 aromatic rings. The van der Waals surface area contributed by atoms with Gasteiger partial charge in [0.15, 0.2) is 0 Å². The second kappa shape index (κ2) is 2.34. The van der Waals surface area contributed by atoms with Crippen LogP contribution in [0.5, 0.6) is 0 Å². The third-order valence-corrected chi connectivity index (χ3v) is 2.19. The standard InChI is InChI=1S/C5ClF7O/c6-1(14)2(7)3(8,9)5(12,13)4(2,10)11. The maximum Gasteiger partial charge on any atom is 0.380 e. The first-order chi connectivity index (χ1) is 5.94. The first kappa shape index (κ1) is 11.5. The fourth-order valence-corrected chi connectivity index (χ4v) is 1.25. The number of carbonyl (C=O) groups excluding carboxylic acids is 1. The van der Waals surface area contributed by atoms with Crippen LogP contribution in [0.3, 0.4) is 0 Å². The summed E-state index contributed by atoms with van der Waals surface area (Å²) in [4.78, 5) is 9.96. The fraction of sp³-hybridized carbons (Fsp3) is 0.800. The third kappa shape index (κ3) is 0.731. The molecule has 0 aromatic carbocycles. The number of rotatable bonds is 1. The number of hydrogen-bond donors (Lipinski definition) is 0. The maximum absolute atomic E-state index is 12.6. The van der Waals surface area contributed by atoms with Crippen molar-refractivity contribution in [3.8, 4) is 0 Å². The minimum atomic E-state index is -5.92. The van der Waals surface area contributed by atoms with Gasteiger partial charge in [0.05, 0.1) is 0 Å². The van der Waals surface area contributed by atoms with Gasteiger partial charge in [0, 0.05) is 0 Å². The van der Waals surface area contributed by atoms with E-state index in [0.29, 0.717) is 0 Å². The molecule has 82 valence electrons. The summed E-state index contributed by atoms with van der Waals surface area (Å²) >= 11 is 4.11. The van der Waals surface area contributed by atoms with E-state index in [9.17, 15) is 35.5 Å². The lowest BCUT2D eigenvalue weighted by Gasteiger charge is -2.51. The Bertz CT molecular complexity index is 280. The van der Waals surface area contributed by atoms with Crippen LogP contribution in [0.4, 0.5) is 30.7 Å². The van der Waals surface area contributed by atoms with E-state index in [1.54, 1.807) is 0 Å². The summed E-state index contributed by atoms with van der Waals surface area (Å²) < 4.78 is 85.4. The molecule has 0 N–H and O–H groups in total. The van der Waals surface area contributed by atoms with E-state index >= 15 is 0 Å². The van der Waals surface area contributed by atoms with Gasteiger partial charge in [-0.3, -0.25) is 4.79 Å². The molecule has 0 bridgehead atoms. The minimum absolute atomic E-state index is 2.85. The average molecular weight is 244 g/mol. The minimum Gasteiger partial charge on any atom is -0.277 e. The van der Waals surface area contributed by atoms with Crippen LogP contribution in [0, 0.1) is 0 Å². The molecule has 0 aromatic heterocycles. The predicted molar refractivity (Wildman–Crippen MR) is 29.5 cm³/mol. The van der Waals surface area contributed by atoms with Crippen LogP contribution in [0.25, 0.3) is 0 Å². The molecular weight excluding hydrogens is 244 g/mol. The number of carbonyl (C=O) groups is 1. The Balaban J connectivity index is 3.32. The van der Waals surface area contributed by atoms with Crippen LogP contribution in [-0.2, 0) is 4.79 Å². The van der Waals surface area contributed by atoms with Gasteiger partial charge in [-0.05, 0) is 11.6 Å². The fourth-order valence-electron chi connectivity index (χ4n) is 1.01. The molecule has 0 spiro atoms. The summed E-state index contributed by atoms with van der Waals surface area (Å²) in [6.07, 6.45) is 0. The average Bonchev–Trinajstić information content (AvgIpc) is 2.00. The number of halogens is 8. The largest absolute Gasteiger partial charge is 0.380 e. The zero-order chi connectivity index (χ0) is 11.6. The van der Waals surface area contributed by atoms with Crippen LogP contribution in [-0.4, -0.2) is 28.7 Å². The van der Waals surface area contributed by atoms with Gasteiger partial charge in [-0.25, -0.2) is 4.39 Å². The molecule has 1 fully saturated rings. The van der Waals surface area contributed by atoms with E-state index in [1.165, 1.54) is 0 Å². The molecule has 0 heterocycles. The topological polar surface area (TPSA) is 17.1 Å². The monoisotopic (exact) mass is 244 g/mol. The van der Waals surface area contributed by atoms with Crippen LogP contribution in [0.15, 0.2) is 0 Å². The highest BCUT2D eigenvalue weighted by atomic mass is 35.5. The number of hydrogen-bond acceptors (Lipinski definition) is 1. The zero-order valence-corrected chi connectivity index (χ0v) is 6.69. The second-order valence-electron chi connectivity index (χ2n) is 2.66. The van der Waals surface area contributed by atoms with E-state index in [2.05, 4.69) is 11.6 Å². The Labute approximate surface area is 76.8 Å². The van der Waals surface area contributed by atoms with Crippen molar-refractivity contribution in [2.75, 3.05) is 0 Å². The molecule has 0 amide bonds. The molecule has 14 heavy (non-hydrogen) atoms. The quantitative estimate of drug-likeness (QED) is 0.511. The zero-order valence-electron chi connectivity index (χ0n) is 5.93. The molecule has 0 unspecified atom stereocenters. The van der Waals surface area contributed by atoms with E-state index in [0.717, 1.165) is 0 Å². The van der Waals surface area contributed by atoms with Gasteiger partial charge in [0.2, 0.25) is 0 Å². The van der Waals surface area contributed by atoms with Gasteiger partial charge in [-0.15, -0.1) is 0 Å². The van der Waals surface area contributed by atoms with Crippen LogP contribution in [0.2, 0.25) is 0 Å². The van der Waals surface area contributed by atoms with Gasteiger partial charge in [0.25, 0.3) is 5.24 Å². The highest BCUT2D eigenvalue weighted by molar-refractivity contribution is 6.66. The van der Waals surface area contributed by atoms with E-state index in [-0.39, 0.29) is 0 Å². The second-order valence-corrected chi connectivity index (χ2v) is 3.00. The van der Waals surface area contributed by atoms with Crippen LogP contribution in [0.1, 0.15) is 0 Å². The summed E-state index contributed by atoms with van der Waals surface area (Å²) in [6.45, 7) is 0. The van der Waals surface area contributed by atoms with Gasteiger partial charge in [-0.1, -0.05) is 0 Å². The summed E-state index contributed by atoms with van der Waals surface area (Å²) in [6, 6.07) is 0. The lowest BCUT2D eigenvalue weighted by Crippen LogP contribution is -2.86. The van der Waals surface area contributed by atoms with Crippen molar-refractivity contribution in [1.82, 2.24) is 0 Å². The first-order valence-electron chi connectivity index (χ1n) is 2.97. The van der Waals surface area contributed by atoms with Crippen molar-refractivity contribution in [3.63, 3.8) is 0 Å². The lowest BCUT2D eigenvalue weighted by atomic mass is 9.70. The third-order valence-electron chi connectivity index (χ3n) is 1.92. The first-order valence-corrected chi connectivity index (χ1v) is 3.34. The molecule has 0 aliphatic heterocycles. The lowest BCUT2D eigenvalue weighted by molar-refractivity contribution is -0.456. The highest BCUT2D eigenvalue weighted by Gasteiger charge is 3.02. The summed E-state index contributed by atoms with van der Waals surface area (Å²) in [5.74, 6) is -17.5. The molecule has 1 saturated carbocycles. The smallest absolute Gasteiger partial charge is 0.277 e. The predicted octanol–water partition coefficient (Wildman–Crippen LogP) is 2.38. The van der Waals surface area contributed by atoms with Gasteiger partial charge < -0.3 is 0 Å². The Morgan fingerprint density at radius 1 is 0.786 bits per heavy atom. The van der Waals surface area contributed by atoms with E-state index < -0.39 is 28.7 Å². The van der Waals surface area contributed by atoms with E-state index in [1.807, 2.05) is 0 Å². The van der Waals surface area contributed by atoms with E-state index in [4.69, 9.17) is 0 Å². The highest BCUT2D eigenvalue weighted by Crippen LogP contribution is 2.69. The molecular formula is C5ClF7O. The number of alkyl halides is 7. The summed E-state index contributed by atoms with van der Waals surface area (Å²) in [7, 11) is 0. The SMILES string of the molecule is O=C(Cl)C1(F)C(F)(F)C(F)(F)C1(F)F. The van der Waals surface area contributed by atoms with Crippen molar-refractivity contribution < 1.29 is 35.5 Å². The summed E-state index contributed by atoms with van der Waals surface area (Å²) in [5.41, 5.74) is -5.34. The van der Waals surface area contributed by atoms with Crippen LogP contribution < -0.4 is 0 Å². The van der Waals surface area contributed by atoms with Gasteiger partial charge >= 0.3 is 23.4 Å². The van der Waals surface area contributed by atoms with Crippen molar-refractivity contribution in [2.24, 2.45) is 0 Å². The Hall–Kier alpha value is -0.530. The molecule has 0 atom stereocenters. The molecule has 0 radical (unpaired) electrons. The van der Waals surface area contributed by atoms with Crippen LogP contribution >= 0.6 is 11.6 Å². The van der Waals surface area contributed by atoms with Gasteiger partial charge in [-0.2, -0.15) is 26.3 Å². The Kier molecular flexibility index (Phi) is 1.93. The molecule has 1 aliphatic rings. The van der Waals surface area contributed by atoms with Crippen molar-refractivity contribution in [1.29, 1.82) is 0 Å². The van der Waals surface area contributed by atoms with Crippen molar-refractivity contribution in [3.05, 3.63) is 0 Å². The Morgan fingerprint density at radius 3 is 1.21 bits per heavy atom. The molecule has 1 aliphatic carbocycles. The maximum atomic E-state index is 12.6. The normalized spacial score (nSPS) is 30.6.